The van der Waals surface area contributed by atoms with Gasteiger partial charge in [0, 0.05) is 12.1 Å². The van der Waals surface area contributed by atoms with Gasteiger partial charge in [0.15, 0.2) is 0 Å². The number of hydrogen-bond acceptors (Lipinski definition) is 2. The lowest BCUT2D eigenvalue weighted by Gasteiger charge is -2.12. The van der Waals surface area contributed by atoms with E-state index >= 15 is 0 Å². The highest BCUT2D eigenvalue weighted by Gasteiger charge is 2.06. The molecule has 0 aromatic heterocycles. The third kappa shape index (κ3) is 3.32. The van der Waals surface area contributed by atoms with Gasteiger partial charge in [0.1, 0.15) is 18.2 Å². The topological polar surface area (TPSA) is 35.2 Å². The Hall–Kier alpha value is -1.87. The lowest BCUT2D eigenvalue weighted by molar-refractivity contribution is 0.301. The zero-order valence-corrected chi connectivity index (χ0v) is 11.2. The van der Waals surface area contributed by atoms with Crippen LogP contribution in [0.15, 0.2) is 36.4 Å². The van der Waals surface area contributed by atoms with Gasteiger partial charge in [-0.15, -0.1) is 0 Å². The van der Waals surface area contributed by atoms with Crippen LogP contribution in [-0.2, 0) is 13.2 Å². The van der Waals surface area contributed by atoms with Gasteiger partial charge in [0.05, 0.1) is 0 Å². The molecule has 0 fully saturated rings. The highest BCUT2D eigenvalue weighted by atomic mass is 19.1. The van der Waals surface area contributed by atoms with E-state index in [-0.39, 0.29) is 12.4 Å². The average molecular weight is 259 g/mol. The van der Waals surface area contributed by atoms with Crippen LogP contribution in [0, 0.1) is 19.7 Å². The molecule has 0 saturated heterocycles. The van der Waals surface area contributed by atoms with Crippen molar-refractivity contribution >= 4 is 0 Å². The first-order valence-electron chi connectivity index (χ1n) is 6.27. The number of nitrogens with two attached hydrogens (primary N) is 1. The molecule has 3 heteroatoms. The summed E-state index contributed by atoms with van der Waals surface area (Å²) in [7, 11) is 0. The zero-order chi connectivity index (χ0) is 13.8. The Morgan fingerprint density at radius 3 is 2.58 bits per heavy atom. The minimum absolute atomic E-state index is 0.264. The molecule has 0 bridgehead atoms. The summed E-state index contributed by atoms with van der Waals surface area (Å²) in [5.41, 5.74) is 9.79. The number of aryl methyl sites for hydroxylation is 2. The Kier molecular flexibility index (Phi) is 4.17. The molecular formula is C16H18FNO. The normalized spacial score (nSPS) is 10.5. The van der Waals surface area contributed by atoms with Gasteiger partial charge >= 0.3 is 0 Å². The second-order valence-electron chi connectivity index (χ2n) is 4.67. The fraction of sp³-hybridized carbons (Fsp3) is 0.250. The molecule has 100 valence electrons. The van der Waals surface area contributed by atoms with Crippen molar-refractivity contribution in [2.24, 2.45) is 5.73 Å². The van der Waals surface area contributed by atoms with Crippen LogP contribution in [-0.4, -0.2) is 0 Å². The van der Waals surface area contributed by atoms with Crippen molar-refractivity contribution in [1.29, 1.82) is 0 Å². The summed E-state index contributed by atoms with van der Waals surface area (Å²) >= 11 is 0. The molecule has 0 aliphatic heterocycles. The van der Waals surface area contributed by atoms with Crippen molar-refractivity contribution in [3.8, 4) is 5.75 Å². The Balaban J connectivity index is 2.16. The van der Waals surface area contributed by atoms with Gasteiger partial charge in [-0.3, -0.25) is 0 Å². The highest BCUT2D eigenvalue weighted by Crippen LogP contribution is 2.21. The van der Waals surface area contributed by atoms with Crippen LogP contribution >= 0.6 is 0 Å². The number of benzene rings is 2. The Labute approximate surface area is 113 Å². The molecule has 0 saturated carbocycles. The summed E-state index contributed by atoms with van der Waals surface area (Å²) in [6.45, 7) is 4.82. The quantitative estimate of drug-likeness (QED) is 0.912. The van der Waals surface area contributed by atoms with E-state index in [0.29, 0.717) is 17.9 Å². The van der Waals surface area contributed by atoms with E-state index in [1.54, 1.807) is 6.07 Å². The van der Waals surface area contributed by atoms with Gasteiger partial charge in [-0.2, -0.15) is 0 Å². The molecule has 0 atom stereocenters. The Morgan fingerprint density at radius 1 is 1.05 bits per heavy atom. The molecule has 0 radical (unpaired) electrons. The van der Waals surface area contributed by atoms with Crippen LogP contribution in [0.25, 0.3) is 0 Å². The first kappa shape index (κ1) is 13.6. The molecular weight excluding hydrogens is 241 g/mol. The van der Waals surface area contributed by atoms with E-state index in [1.165, 1.54) is 23.3 Å². The van der Waals surface area contributed by atoms with Crippen molar-refractivity contribution < 1.29 is 9.13 Å². The van der Waals surface area contributed by atoms with Crippen molar-refractivity contribution in [3.63, 3.8) is 0 Å². The number of halogens is 1. The SMILES string of the molecule is Cc1ccc(C)c(COc2ccc(F)cc2CN)c1. The first-order chi connectivity index (χ1) is 9.10. The molecule has 2 N–H and O–H groups in total. The predicted octanol–water partition coefficient (Wildman–Crippen LogP) is 3.48. The van der Waals surface area contributed by atoms with Crippen molar-refractivity contribution in [2.75, 3.05) is 0 Å². The number of hydrogen-bond donors (Lipinski definition) is 1. The van der Waals surface area contributed by atoms with E-state index < -0.39 is 0 Å². The van der Waals surface area contributed by atoms with E-state index in [4.69, 9.17) is 10.5 Å². The maximum absolute atomic E-state index is 13.1. The van der Waals surface area contributed by atoms with Gasteiger partial charge < -0.3 is 10.5 Å². The monoisotopic (exact) mass is 259 g/mol. The second-order valence-corrected chi connectivity index (χ2v) is 4.67. The molecule has 0 spiro atoms. The molecule has 0 heterocycles. The predicted molar refractivity (Wildman–Crippen MR) is 74.5 cm³/mol. The Bertz CT molecular complexity index is 581. The van der Waals surface area contributed by atoms with E-state index in [2.05, 4.69) is 18.2 Å². The third-order valence-corrected chi connectivity index (χ3v) is 3.13. The van der Waals surface area contributed by atoms with E-state index in [0.717, 1.165) is 5.56 Å². The maximum atomic E-state index is 13.1. The summed E-state index contributed by atoms with van der Waals surface area (Å²) in [6, 6.07) is 10.7. The van der Waals surface area contributed by atoms with Gasteiger partial charge in [0.25, 0.3) is 0 Å². The minimum atomic E-state index is -0.292. The smallest absolute Gasteiger partial charge is 0.124 e. The van der Waals surface area contributed by atoms with Crippen LogP contribution in [0.5, 0.6) is 5.75 Å². The summed E-state index contributed by atoms with van der Waals surface area (Å²) in [5.74, 6) is 0.351. The third-order valence-electron chi connectivity index (χ3n) is 3.13. The van der Waals surface area contributed by atoms with Crippen molar-refractivity contribution in [3.05, 3.63) is 64.5 Å². The molecule has 2 nitrogen and oxygen atoms in total. The summed E-state index contributed by atoms with van der Waals surface area (Å²) < 4.78 is 18.9. The molecule has 0 aliphatic rings. The molecule has 2 aromatic rings. The number of rotatable bonds is 4. The first-order valence-corrected chi connectivity index (χ1v) is 6.27. The average Bonchev–Trinajstić information content (AvgIpc) is 2.40. The van der Waals surface area contributed by atoms with E-state index in [1.807, 2.05) is 13.8 Å². The second kappa shape index (κ2) is 5.85. The van der Waals surface area contributed by atoms with Crippen LogP contribution in [0.2, 0.25) is 0 Å². The zero-order valence-electron chi connectivity index (χ0n) is 11.2. The van der Waals surface area contributed by atoms with Gasteiger partial charge in [-0.05, 0) is 43.2 Å². The molecule has 0 amide bonds. The van der Waals surface area contributed by atoms with Gasteiger partial charge in [-0.25, -0.2) is 4.39 Å². The molecule has 0 unspecified atom stereocenters. The minimum Gasteiger partial charge on any atom is -0.489 e. The maximum Gasteiger partial charge on any atom is 0.124 e. The van der Waals surface area contributed by atoms with Crippen LogP contribution in [0.3, 0.4) is 0 Å². The fourth-order valence-corrected chi connectivity index (χ4v) is 1.96. The summed E-state index contributed by atoms with van der Waals surface area (Å²) in [4.78, 5) is 0. The fourth-order valence-electron chi connectivity index (χ4n) is 1.96. The Morgan fingerprint density at radius 2 is 1.84 bits per heavy atom. The largest absolute Gasteiger partial charge is 0.489 e. The molecule has 2 aromatic carbocycles. The van der Waals surface area contributed by atoms with E-state index in [9.17, 15) is 4.39 Å². The van der Waals surface area contributed by atoms with Gasteiger partial charge in [-0.1, -0.05) is 23.8 Å². The molecule has 0 aliphatic carbocycles. The highest BCUT2D eigenvalue weighted by molar-refractivity contribution is 5.35. The summed E-state index contributed by atoms with van der Waals surface area (Å²) in [5, 5.41) is 0. The van der Waals surface area contributed by atoms with Crippen LogP contribution in [0.1, 0.15) is 22.3 Å². The lowest BCUT2D eigenvalue weighted by Crippen LogP contribution is -2.04. The van der Waals surface area contributed by atoms with Crippen LogP contribution in [0.4, 0.5) is 4.39 Å². The lowest BCUT2D eigenvalue weighted by atomic mass is 10.1. The van der Waals surface area contributed by atoms with Crippen LogP contribution < -0.4 is 10.5 Å². The molecule has 19 heavy (non-hydrogen) atoms. The summed E-state index contributed by atoms with van der Waals surface area (Å²) in [6.07, 6.45) is 0. The number of ether oxygens (including phenoxy) is 1. The van der Waals surface area contributed by atoms with Crippen molar-refractivity contribution in [1.82, 2.24) is 0 Å². The van der Waals surface area contributed by atoms with Crippen molar-refractivity contribution in [2.45, 2.75) is 27.0 Å². The van der Waals surface area contributed by atoms with Gasteiger partial charge in [0.2, 0.25) is 0 Å². The standard InChI is InChI=1S/C16H18FNO/c1-11-3-4-12(2)14(7-11)10-19-16-6-5-15(17)8-13(16)9-18/h3-8H,9-10,18H2,1-2H3. The molecule has 2 rings (SSSR count).